The summed E-state index contributed by atoms with van der Waals surface area (Å²) in [4.78, 5) is 14.2. The molecular formula is C15H22FN3O. The predicted octanol–water partition coefficient (Wildman–Crippen LogP) is 2.47. The number of carbonyl (C=O) groups is 1. The summed E-state index contributed by atoms with van der Waals surface area (Å²) in [7, 11) is 0. The van der Waals surface area contributed by atoms with Crippen molar-refractivity contribution in [1.82, 2.24) is 4.90 Å². The van der Waals surface area contributed by atoms with Gasteiger partial charge in [-0.05, 0) is 50.4 Å². The van der Waals surface area contributed by atoms with Crippen LogP contribution >= 0.6 is 0 Å². The summed E-state index contributed by atoms with van der Waals surface area (Å²) in [6.07, 6.45) is 2.30. The summed E-state index contributed by atoms with van der Waals surface area (Å²) in [5, 5.41) is 2.60. The molecule has 1 aromatic carbocycles. The molecule has 1 heterocycles. The average Bonchev–Trinajstić information content (AvgIpc) is 2.39. The van der Waals surface area contributed by atoms with Gasteiger partial charge in [0.15, 0.2) is 0 Å². The van der Waals surface area contributed by atoms with Gasteiger partial charge in [-0.3, -0.25) is 9.69 Å². The molecular weight excluding hydrogens is 257 g/mol. The molecule has 2 unspecified atom stereocenters. The van der Waals surface area contributed by atoms with Gasteiger partial charge in [0.25, 0.3) is 0 Å². The fourth-order valence-electron chi connectivity index (χ4n) is 2.66. The lowest BCUT2D eigenvalue weighted by Gasteiger charge is -2.37. The van der Waals surface area contributed by atoms with Gasteiger partial charge in [-0.1, -0.05) is 6.92 Å². The lowest BCUT2D eigenvalue weighted by Crippen LogP contribution is -2.46. The van der Waals surface area contributed by atoms with Crippen molar-refractivity contribution in [2.45, 2.75) is 32.7 Å². The van der Waals surface area contributed by atoms with Crippen LogP contribution in [0.25, 0.3) is 0 Å². The van der Waals surface area contributed by atoms with Gasteiger partial charge in [0, 0.05) is 11.7 Å². The summed E-state index contributed by atoms with van der Waals surface area (Å²) >= 11 is 0. The zero-order chi connectivity index (χ0) is 14.7. The van der Waals surface area contributed by atoms with E-state index in [2.05, 4.69) is 24.1 Å². The first-order valence-electron chi connectivity index (χ1n) is 7.06. The Morgan fingerprint density at radius 1 is 1.50 bits per heavy atom. The molecule has 3 N–H and O–H groups in total. The number of rotatable bonds is 3. The number of halogens is 1. The topological polar surface area (TPSA) is 58.4 Å². The molecule has 0 aromatic heterocycles. The normalized spacial score (nSPS) is 23.6. The highest BCUT2D eigenvalue weighted by atomic mass is 19.1. The van der Waals surface area contributed by atoms with E-state index < -0.39 is 5.82 Å². The van der Waals surface area contributed by atoms with E-state index in [1.54, 1.807) is 0 Å². The minimum atomic E-state index is -0.465. The predicted molar refractivity (Wildman–Crippen MR) is 78.9 cm³/mol. The number of carbonyl (C=O) groups excluding carboxylic acids is 1. The van der Waals surface area contributed by atoms with E-state index in [0.29, 0.717) is 24.2 Å². The van der Waals surface area contributed by atoms with Crippen LogP contribution in [-0.4, -0.2) is 29.9 Å². The molecule has 0 spiro atoms. The van der Waals surface area contributed by atoms with Gasteiger partial charge >= 0.3 is 0 Å². The van der Waals surface area contributed by atoms with Crippen LogP contribution in [0.15, 0.2) is 18.2 Å². The summed E-state index contributed by atoms with van der Waals surface area (Å²) in [6, 6.07) is 4.55. The van der Waals surface area contributed by atoms with Crippen LogP contribution in [0.3, 0.4) is 0 Å². The van der Waals surface area contributed by atoms with Crippen LogP contribution in [0.2, 0.25) is 0 Å². The number of nitrogen functional groups attached to an aromatic ring is 1. The lowest BCUT2D eigenvalue weighted by molar-refractivity contribution is -0.118. The molecule has 1 amide bonds. The van der Waals surface area contributed by atoms with Gasteiger partial charge in [-0.25, -0.2) is 4.39 Å². The minimum absolute atomic E-state index is 0.146. The van der Waals surface area contributed by atoms with Crippen molar-refractivity contribution < 1.29 is 9.18 Å². The maximum atomic E-state index is 13.6. The third-order valence-electron chi connectivity index (χ3n) is 4.12. The van der Waals surface area contributed by atoms with E-state index >= 15 is 0 Å². The average molecular weight is 279 g/mol. The largest absolute Gasteiger partial charge is 0.399 e. The number of piperidine rings is 1. The van der Waals surface area contributed by atoms with Gasteiger partial charge in [-0.15, -0.1) is 0 Å². The highest BCUT2D eigenvalue weighted by Gasteiger charge is 2.26. The Morgan fingerprint density at radius 2 is 2.25 bits per heavy atom. The molecule has 2 rings (SSSR count). The first-order valence-corrected chi connectivity index (χ1v) is 7.06. The Hall–Kier alpha value is -1.62. The second-order valence-electron chi connectivity index (χ2n) is 5.62. The van der Waals surface area contributed by atoms with E-state index in [0.717, 1.165) is 13.0 Å². The van der Waals surface area contributed by atoms with Gasteiger partial charge in [0.2, 0.25) is 5.91 Å². The van der Waals surface area contributed by atoms with E-state index in [-0.39, 0.29) is 11.6 Å². The van der Waals surface area contributed by atoms with Gasteiger partial charge < -0.3 is 11.1 Å². The Kier molecular flexibility index (Phi) is 4.60. The van der Waals surface area contributed by atoms with E-state index in [1.807, 2.05) is 0 Å². The third-order valence-corrected chi connectivity index (χ3v) is 4.12. The molecule has 1 fully saturated rings. The summed E-state index contributed by atoms with van der Waals surface area (Å²) in [5.41, 5.74) is 6.18. The maximum absolute atomic E-state index is 13.6. The molecule has 0 bridgehead atoms. The van der Waals surface area contributed by atoms with E-state index in [9.17, 15) is 9.18 Å². The Morgan fingerprint density at radius 3 is 3.00 bits per heavy atom. The number of amides is 1. The van der Waals surface area contributed by atoms with Crippen LogP contribution in [-0.2, 0) is 4.79 Å². The first-order chi connectivity index (χ1) is 9.47. The number of hydrogen-bond donors (Lipinski definition) is 2. The number of nitrogens with zero attached hydrogens (tertiary/aromatic N) is 1. The fraction of sp³-hybridized carbons (Fsp3) is 0.533. The quantitative estimate of drug-likeness (QED) is 0.836. The van der Waals surface area contributed by atoms with Crippen molar-refractivity contribution in [3.63, 3.8) is 0 Å². The highest BCUT2D eigenvalue weighted by molar-refractivity contribution is 5.92. The zero-order valence-corrected chi connectivity index (χ0v) is 12.0. The van der Waals surface area contributed by atoms with Gasteiger partial charge in [-0.2, -0.15) is 0 Å². The number of nitrogens with one attached hydrogen (secondary N) is 1. The molecule has 1 aliphatic rings. The number of hydrogen-bond acceptors (Lipinski definition) is 3. The molecule has 5 heteroatoms. The number of nitrogens with two attached hydrogens (primary N) is 1. The molecule has 20 heavy (non-hydrogen) atoms. The Bertz CT molecular complexity index is 492. The summed E-state index contributed by atoms with van der Waals surface area (Å²) in [6.45, 7) is 5.54. The Balaban J connectivity index is 1.97. The van der Waals surface area contributed by atoms with Crippen molar-refractivity contribution >= 4 is 17.3 Å². The summed E-state index contributed by atoms with van der Waals surface area (Å²) < 4.78 is 13.6. The van der Waals surface area contributed by atoms with Crippen molar-refractivity contribution in [2.75, 3.05) is 24.1 Å². The van der Waals surface area contributed by atoms with Crippen LogP contribution in [0.5, 0.6) is 0 Å². The summed E-state index contributed by atoms with van der Waals surface area (Å²) in [5.74, 6) is -0.0799. The molecule has 4 nitrogen and oxygen atoms in total. The fourth-order valence-corrected chi connectivity index (χ4v) is 2.66. The lowest BCUT2D eigenvalue weighted by atomic mass is 9.92. The standard InChI is InChI=1S/C15H22FN3O/c1-10-4-3-7-19(11(10)2)9-15(20)18-14-8-12(17)5-6-13(14)16/h5-6,8,10-11H,3-4,7,9,17H2,1-2H3,(H,18,20). The SMILES string of the molecule is CC1CCCN(CC(=O)Nc2cc(N)ccc2F)C1C. The maximum Gasteiger partial charge on any atom is 0.238 e. The molecule has 2 atom stereocenters. The first kappa shape index (κ1) is 14.8. The molecule has 0 aliphatic carbocycles. The third kappa shape index (κ3) is 3.48. The van der Waals surface area contributed by atoms with Crippen molar-refractivity contribution in [1.29, 1.82) is 0 Å². The minimum Gasteiger partial charge on any atom is -0.399 e. The van der Waals surface area contributed by atoms with Crippen LogP contribution in [0, 0.1) is 11.7 Å². The van der Waals surface area contributed by atoms with Crippen molar-refractivity contribution in [3.05, 3.63) is 24.0 Å². The van der Waals surface area contributed by atoms with Crippen LogP contribution < -0.4 is 11.1 Å². The van der Waals surface area contributed by atoms with E-state index in [4.69, 9.17) is 5.73 Å². The second-order valence-corrected chi connectivity index (χ2v) is 5.62. The molecule has 0 radical (unpaired) electrons. The second kappa shape index (κ2) is 6.22. The van der Waals surface area contributed by atoms with Gasteiger partial charge in [0.1, 0.15) is 5.82 Å². The molecule has 1 aliphatic heterocycles. The van der Waals surface area contributed by atoms with Gasteiger partial charge in [0.05, 0.1) is 12.2 Å². The molecule has 110 valence electrons. The highest BCUT2D eigenvalue weighted by Crippen LogP contribution is 2.23. The van der Waals surface area contributed by atoms with Crippen molar-refractivity contribution in [3.8, 4) is 0 Å². The molecule has 1 aromatic rings. The number of anilines is 2. The smallest absolute Gasteiger partial charge is 0.238 e. The van der Waals surface area contributed by atoms with Crippen LogP contribution in [0.1, 0.15) is 26.7 Å². The molecule has 1 saturated heterocycles. The van der Waals surface area contributed by atoms with Crippen molar-refractivity contribution in [2.24, 2.45) is 5.92 Å². The number of likely N-dealkylation sites (tertiary alicyclic amines) is 1. The zero-order valence-electron chi connectivity index (χ0n) is 12.0. The monoisotopic (exact) mass is 279 g/mol. The molecule has 0 saturated carbocycles. The van der Waals surface area contributed by atoms with Crippen LogP contribution in [0.4, 0.5) is 15.8 Å². The Labute approximate surface area is 119 Å². The number of benzene rings is 1. The van der Waals surface area contributed by atoms with E-state index in [1.165, 1.54) is 24.6 Å².